The van der Waals surface area contributed by atoms with Gasteiger partial charge in [0.2, 0.25) is 5.09 Å². The van der Waals surface area contributed by atoms with Crippen LogP contribution < -0.4 is 4.31 Å². The van der Waals surface area contributed by atoms with Crippen molar-refractivity contribution >= 4 is 37.6 Å². The normalized spacial score (nSPS) is 11.8. The van der Waals surface area contributed by atoms with E-state index in [-0.39, 0.29) is 10.9 Å². The molecule has 0 radical (unpaired) electrons. The second-order valence-corrected chi connectivity index (χ2v) is 10.3. The van der Waals surface area contributed by atoms with E-state index >= 15 is 0 Å². The van der Waals surface area contributed by atoms with Crippen LogP contribution in [0.25, 0.3) is 44.2 Å². The van der Waals surface area contributed by atoms with Gasteiger partial charge in [-0.1, -0.05) is 42.5 Å². The molecule has 6 rings (SSSR count). The molecule has 6 aromatic rings. The Morgan fingerprint density at radius 3 is 2.42 bits per heavy atom. The molecule has 0 unspecified atom stereocenters. The summed E-state index contributed by atoms with van der Waals surface area (Å²) in [6.45, 7) is 0. The highest BCUT2D eigenvalue weighted by Crippen LogP contribution is 2.41. The molecule has 0 saturated heterocycles. The molecule has 36 heavy (non-hydrogen) atoms. The molecule has 1 N–H and O–H groups in total. The highest BCUT2D eigenvalue weighted by Gasteiger charge is 2.25. The van der Waals surface area contributed by atoms with Crippen LogP contribution in [0, 0.1) is 5.82 Å². The van der Waals surface area contributed by atoms with Crippen molar-refractivity contribution in [3.8, 4) is 22.3 Å². The lowest BCUT2D eigenvalue weighted by Crippen LogP contribution is -2.26. The Hall–Kier alpha value is -4.43. The summed E-state index contributed by atoms with van der Waals surface area (Å²) in [5, 5.41) is 1.54. The highest BCUT2D eigenvalue weighted by atomic mass is 32.2. The number of benzene rings is 3. The summed E-state index contributed by atoms with van der Waals surface area (Å²) in [5.74, 6) is -0.313. The molecular weight excluding hydrogens is 477 g/mol. The van der Waals surface area contributed by atoms with Crippen LogP contribution in [-0.4, -0.2) is 25.4 Å². The van der Waals surface area contributed by atoms with Crippen molar-refractivity contribution in [2.75, 3.05) is 11.4 Å². The number of hydrogen-bond acceptors (Lipinski definition) is 4. The summed E-state index contributed by atoms with van der Waals surface area (Å²) in [6, 6.07) is 24.6. The van der Waals surface area contributed by atoms with Gasteiger partial charge in [0.25, 0.3) is 10.0 Å². The predicted molar refractivity (Wildman–Crippen MR) is 139 cm³/mol. The number of halogens is 1. The van der Waals surface area contributed by atoms with Crippen LogP contribution in [0.4, 0.5) is 10.1 Å². The number of rotatable bonds is 5. The van der Waals surface area contributed by atoms with Gasteiger partial charge < -0.3 is 9.40 Å². The van der Waals surface area contributed by atoms with Gasteiger partial charge in [0.05, 0.1) is 12.0 Å². The number of anilines is 1. The van der Waals surface area contributed by atoms with Gasteiger partial charge in [-0.2, -0.15) is 8.42 Å². The molecular formula is C28H20FN3O3S. The molecule has 6 nitrogen and oxygen atoms in total. The number of fused-ring (bicyclic) bond motifs is 3. The Labute approximate surface area is 206 Å². The molecule has 3 heterocycles. The van der Waals surface area contributed by atoms with E-state index in [2.05, 4.69) is 9.97 Å². The van der Waals surface area contributed by atoms with Crippen LogP contribution in [0.15, 0.2) is 107 Å². The lowest BCUT2D eigenvalue weighted by Gasteiger charge is -2.18. The van der Waals surface area contributed by atoms with Crippen LogP contribution in [-0.2, 0) is 10.0 Å². The smallest absolute Gasteiger partial charge is 0.297 e. The maximum absolute atomic E-state index is 13.7. The fourth-order valence-corrected chi connectivity index (χ4v) is 5.57. The molecule has 3 aromatic heterocycles. The summed E-state index contributed by atoms with van der Waals surface area (Å²) >= 11 is 0. The Bertz CT molecular complexity index is 1810. The van der Waals surface area contributed by atoms with E-state index in [1.165, 1.54) is 35.8 Å². The highest BCUT2D eigenvalue weighted by molar-refractivity contribution is 7.92. The number of aromatic nitrogens is 2. The van der Waals surface area contributed by atoms with Crippen LogP contribution in [0.2, 0.25) is 0 Å². The summed E-state index contributed by atoms with van der Waals surface area (Å²) in [6.07, 6.45) is 3.11. The van der Waals surface area contributed by atoms with E-state index in [9.17, 15) is 12.8 Å². The second kappa shape index (κ2) is 8.35. The second-order valence-electron chi connectivity index (χ2n) is 8.40. The van der Waals surface area contributed by atoms with Gasteiger partial charge in [-0.3, -0.25) is 4.31 Å². The van der Waals surface area contributed by atoms with Gasteiger partial charge in [0.1, 0.15) is 11.5 Å². The molecule has 0 spiro atoms. The molecule has 0 bridgehead atoms. The van der Waals surface area contributed by atoms with Crippen molar-refractivity contribution in [1.29, 1.82) is 0 Å². The Morgan fingerprint density at radius 2 is 1.69 bits per heavy atom. The van der Waals surface area contributed by atoms with Gasteiger partial charge in [0.15, 0.2) is 0 Å². The number of nitrogens with zero attached hydrogens (tertiary/aromatic N) is 2. The molecule has 0 saturated carbocycles. The quantitative estimate of drug-likeness (QED) is 0.291. The van der Waals surface area contributed by atoms with Crippen molar-refractivity contribution in [2.24, 2.45) is 0 Å². The van der Waals surface area contributed by atoms with E-state index in [4.69, 9.17) is 4.42 Å². The number of H-pyrrole nitrogens is 1. The lowest BCUT2D eigenvalue weighted by atomic mass is 9.93. The molecule has 0 fully saturated rings. The zero-order valence-corrected chi connectivity index (χ0v) is 20.0. The van der Waals surface area contributed by atoms with Crippen molar-refractivity contribution in [3.63, 3.8) is 0 Å². The summed E-state index contributed by atoms with van der Waals surface area (Å²) in [5.41, 5.74) is 5.52. The van der Waals surface area contributed by atoms with Crippen LogP contribution in [0.5, 0.6) is 0 Å². The lowest BCUT2D eigenvalue weighted by molar-refractivity contribution is 0.449. The molecule has 0 atom stereocenters. The van der Waals surface area contributed by atoms with Gasteiger partial charge in [-0.05, 0) is 53.6 Å². The summed E-state index contributed by atoms with van der Waals surface area (Å²) in [7, 11) is -2.37. The van der Waals surface area contributed by atoms with E-state index < -0.39 is 10.0 Å². The van der Waals surface area contributed by atoms with Gasteiger partial charge >= 0.3 is 0 Å². The van der Waals surface area contributed by atoms with Crippen molar-refractivity contribution in [3.05, 3.63) is 103 Å². The minimum atomic E-state index is -3.87. The van der Waals surface area contributed by atoms with Crippen LogP contribution in [0.3, 0.4) is 0 Å². The Balaban J connectivity index is 1.63. The van der Waals surface area contributed by atoms with Crippen LogP contribution in [0.1, 0.15) is 0 Å². The number of nitrogens with one attached hydrogen (secondary N) is 1. The number of sulfonamides is 1. The van der Waals surface area contributed by atoms with E-state index in [0.717, 1.165) is 38.5 Å². The first-order valence-corrected chi connectivity index (χ1v) is 12.7. The SMILES string of the molecule is CN(c1ccc2[nH]c3ncc(-c4ccc(F)cc4)c(-c4ccccc4)c3c2c1)S(=O)(=O)c1ccco1. The average molecular weight is 498 g/mol. The maximum atomic E-state index is 13.7. The first-order chi connectivity index (χ1) is 17.4. The van der Waals surface area contributed by atoms with Crippen LogP contribution >= 0.6 is 0 Å². The molecule has 0 amide bonds. The number of pyridine rings is 1. The Morgan fingerprint density at radius 1 is 0.917 bits per heavy atom. The maximum Gasteiger partial charge on any atom is 0.297 e. The van der Waals surface area contributed by atoms with Crippen molar-refractivity contribution in [2.45, 2.75) is 5.09 Å². The monoisotopic (exact) mass is 497 g/mol. The predicted octanol–water partition coefficient (Wildman–Crippen LogP) is 6.61. The number of furan rings is 1. The first-order valence-electron chi connectivity index (χ1n) is 11.2. The average Bonchev–Trinajstić information content (AvgIpc) is 3.57. The molecule has 3 aromatic carbocycles. The van der Waals surface area contributed by atoms with Crippen molar-refractivity contribution < 1.29 is 17.2 Å². The zero-order valence-electron chi connectivity index (χ0n) is 19.1. The molecule has 0 aliphatic heterocycles. The Kier molecular flexibility index (Phi) is 5.12. The third kappa shape index (κ3) is 3.54. The van der Waals surface area contributed by atoms with Gasteiger partial charge in [-0.15, -0.1) is 0 Å². The summed E-state index contributed by atoms with van der Waals surface area (Å²) < 4.78 is 46.2. The van der Waals surface area contributed by atoms with E-state index in [0.29, 0.717) is 11.3 Å². The fourth-order valence-electron chi connectivity index (χ4n) is 4.48. The largest absolute Gasteiger partial charge is 0.451 e. The molecule has 178 valence electrons. The number of hydrogen-bond donors (Lipinski definition) is 1. The third-order valence-electron chi connectivity index (χ3n) is 6.30. The topological polar surface area (TPSA) is 79.2 Å². The fraction of sp³-hybridized carbons (Fsp3) is 0.0357. The van der Waals surface area contributed by atoms with Gasteiger partial charge in [0, 0.05) is 40.7 Å². The standard InChI is InChI=1S/C28H20FN3O3S/c1-32(36(33,34)25-8-5-15-35-25)21-13-14-24-22(16-21)27-26(19-6-3-2-4-7-19)23(17-30-28(27)31-24)18-9-11-20(29)12-10-18/h2-17H,1H3,(H,30,31). The minimum Gasteiger partial charge on any atom is -0.451 e. The minimum absolute atomic E-state index is 0.130. The van der Waals surface area contributed by atoms with Crippen molar-refractivity contribution in [1.82, 2.24) is 9.97 Å². The van der Waals surface area contributed by atoms with E-state index in [1.807, 2.05) is 42.5 Å². The molecule has 8 heteroatoms. The van der Waals surface area contributed by atoms with Gasteiger partial charge in [-0.25, -0.2) is 9.37 Å². The number of aromatic amines is 1. The molecule has 0 aliphatic rings. The molecule has 0 aliphatic carbocycles. The third-order valence-corrected chi connectivity index (χ3v) is 7.97. The first kappa shape index (κ1) is 22.1. The van der Waals surface area contributed by atoms with E-state index in [1.54, 1.807) is 30.5 Å². The zero-order chi connectivity index (χ0) is 24.9. The summed E-state index contributed by atoms with van der Waals surface area (Å²) in [4.78, 5) is 8.02.